The maximum absolute atomic E-state index is 7.50. The van der Waals surface area contributed by atoms with Gasteiger partial charge in [0.05, 0.1) is 0 Å². The Labute approximate surface area is 152 Å². The first-order chi connectivity index (χ1) is 10.5. The first-order valence-corrected chi connectivity index (χ1v) is 6.50. The van der Waals surface area contributed by atoms with Crippen LogP contribution in [0.25, 0.3) is 0 Å². The van der Waals surface area contributed by atoms with Gasteiger partial charge < -0.3 is 0 Å². The third-order valence-electron chi connectivity index (χ3n) is 2.54. The van der Waals surface area contributed by atoms with Crippen molar-refractivity contribution in [2.75, 3.05) is 0 Å². The van der Waals surface area contributed by atoms with Crippen LogP contribution in [0.15, 0.2) is 24.3 Å². The van der Waals surface area contributed by atoms with Gasteiger partial charge in [-0.1, -0.05) is 50.6 Å². The summed E-state index contributed by atoms with van der Waals surface area (Å²) in [5.74, 6) is 5.57. The van der Waals surface area contributed by atoms with Gasteiger partial charge in [-0.2, -0.15) is 6.92 Å². The number of benzene rings is 1. The van der Waals surface area contributed by atoms with E-state index in [-0.39, 0.29) is 22.5 Å². The molecule has 1 aromatic rings. The fourth-order valence-electron chi connectivity index (χ4n) is 1.48. The van der Waals surface area contributed by atoms with Crippen molar-refractivity contribution in [3.63, 3.8) is 0 Å². The average molecular weight is 348 g/mol. The Bertz CT molecular complexity index is 464. The molecular weight excluding hydrogens is 328 g/mol. The number of hydrogen-bond acceptors (Lipinski definition) is 0. The van der Waals surface area contributed by atoms with E-state index in [1.807, 2.05) is 44.2 Å². The molecule has 119 valence electrons. The minimum atomic E-state index is 0. The standard InChI is InChI=1S/C13H15.C5H5.2CO.Fe/c1-5-6-11-7-9-12(10-8-11)13(2,3)4;1-2-4-5-3-1;2*1-2;/h7-10H,1H2,2-4H3;1-5H;;;/q-1;;;;+2. The van der Waals surface area contributed by atoms with E-state index in [9.17, 15) is 0 Å². The van der Waals surface area contributed by atoms with Crippen molar-refractivity contribution < 1.29 is 26.4 Å². The predicted molar refractivity (Wildman–Crippen MR) is 86.7 cm³/mol. The van der Waals surface area contributed by atoms with Crippen LogP contribution < -0.4 is 0 Å². The van der Waals surface area contributed by atoms with Crippen LogP contribution in [0, 0.1) is 64.2 Å². The first kappa shape index (κ1) is 26.5. The minimum Gasteiger partial charge on any atom is -0.296 e. The van der Waals surface area contributed by atoms with Gasteiger partial charge in [0.2, 0.25) is 0 Å². The second-order valence-electron chi connectivity index (χ2n) is 5.09. The molecule has 0 saturated heterocycles. The molecule has 1 aromatic carbocycles. The molecule has 5 radical (unpaired) electrons. The van der Waals surface area contributed by atoms with Crippen LogP contribution in [0.1, 0.15) is 31.9 Å². The van der Waals surface area contributed by atoms with Gasteiger partial charge >= 0.3 is 39.7 Å². The summed E-state index contributed by atoms with van der Waals surface area (Å²) in [6.07, 6.45) is 10.0. The van der Waals surface area contributed by atoms with E-state index in [1.54, 1.807) is 0 Å². The minimum absolute atomic E-state index is 0. The zero-order valence-corrected chi connectivity index (χ0v) is 14.7. The molecule has 0 atom stereocenters. The summed E-state index contributed by atoms with van der Waals surface area (Å²) in [5.41, 5.74) is 2.58. The van der Waals surface area contributed by atoms with Crippen LogP contribution >= 0.6 is 0 Å². The molecule has 23 heavy (non-hydrogen) atoms. The fraction of sp³-hybridized carbons (Fsp3) is 0.200. The van der Waals surface area contributed by atoms with Crippen LogP contribution in [0.5, 0.6) is 0 Å². The van der Waals surface area contributed by atoms with Gasteiger partial charge in [-0.25, -0.2) is 0 Å². The quantitative estimate of drug-likeness (QED) is 0.293. The van der Waals surface area contributed by atoms with Gasteiger partial charge in [0.25, 0.3) is 0 Å². The van der Waals surface area contributed by atoms with Gasteiger partial charge in [0.1, 0.15) is 0 Å². The van der Waals surface area contributed by atoms with E-state index in [0.29, 0.717) is 0 Å². The summed E-state index contributed by atoms with van der Waals surface area (Å²) < 4.78 is 15.0. The Morgan fingerprint density at radius 2 is 1.17 bits per heavy atom. The molecule has 1 saturated carbocycles. The topological polar surface area (TPSA) is 39.8 Å². The second kappa shape index (κ2) is 17.0. The molecule has 1 aliphatic rings. The summed E-state index contributed by atoms with van der Waals surface area (Å²) in [6, 6.07) is 8.33. The molecule has 2 nitrogen and oxygen atoms in total. The molecule has 1 fully saturated rings. The molecule has 0 spiro atoms. The van der Waals surface area contributed by atoms with E-state index in [4.69, 9.17) is 9.30 Å². The third-order valence-corrected chi connectivity index (χ3v) is 2.54. The molecule has 0 amide bonds. The van der Waals surface area contributed by atoms with E-state index in [0.717, 1.165) is 5.56 Å². The predicted octanol–water partition coefficient (Wildman–Crippen LogP) is 4.11. The summed E-state index contributed by atoms with van der Waals surface area (Å²) in [6.45, 7) is 19.1. The summed E-state index contributed by atoms with van der Waals surface area (Å²) in [4.78, 5) is 0. The fourth-order valence-corrected chi connectivity index (χ4v) is 1.48. The Hall–Kier alpha value is -1.35. The largest absolute Gasteiger partial charge is 2.00 e. The van der Waals surface area contributed by atoms with Crippen LogP contribution in [0.4, 0.5) is 0 Å². The maximum atomic E-state index is 7.50. The summed E-state index contributed by atoms with van der Waals surface area (Å²) >= 11 is 0. The molecule has 0 aliphatic heterocycles. The van der Waals surface area contributed by atoms with E-state index >= 15 is 0 Å². The zero-order valence-electron chi connectivity index (χ0n) is 13.6. The second-order valence-corrected chi connectivity index (χ2v) is 5.09. The zero-order chi connectivity index (χ0) is 17.4. The Morgan fingerprint density at radius 3 is 1.43 bits per heavy atom. The van der Waals surface area contributed by atoms with Crippen molar-refractivity contribution in [1.82, 2.24) is 0 Å². The molecular formula is C20H20FeO2+. The van der Waals surface area contributed by atoms with Gasteiger partial charge in [0.15, 0.2) is 0 Å². The Morgan fingerprint density at radius 1 is 0.826 bits per heavy atom. The molecule has 1 aliphatic carbocycles. The van der Waals surface area contributed by atoms with E-state index in [2.05, 4.69) is 65.0 Å². The van der Waals surface area contributed by atoms with E-state index < -0.39 is 0 Å². The van der Waals surface area contributed by atoms with Crippen molar-refractivity contribution >= 4 is 0 Å². The normalized spacial score (nSPS) is 11.3. The van der Waals surface area contributed by atoms with Crippen molar-refractivity contribution in [2.45, 2.75) is 26.2 Å². The SMILES string of the molecule is [C-]#[O+].[C-]#[O+].[CH2-]C#Cc1ccc(C(C)(C)C)cc1.[CH]1[CH][CH][CH][CH]1.[Fe+2]. The van der Waals surface area contributed by atoms with Crippen LogP contribution in [-0.4, -0.2) is 0 Å². The molecule has 3 heteroatoms. The number of rotatable bonds is 0. The molecule has 0 N–H and O–H groups in total. The van der Waals surface area contributed by atoms with Gasteiger partial charge in [-0.15, -0.1) is 0 Å². The van der Waals surface area contributed by atoms with Crippen LogP contribution in [-0.2, 0) is 31.8 Å². The Balaban J connectivity index is -0.000000335. The molecule has 0 heterocycles. The van der Waals surface area contributed by atoms with Crippen molar-refractivity contribution in [3.8, 4) is 11.8 Å². The van der Waals surface area contributed by atoms with Crippen molar-refractivity contribution in [3.05, 3.63) is 87.7 Å². The van der Waals surface area contributed by atoms with Gasteiger partial charge in [0, 0.05) is 0 Å². The molecule has 0 aromatic heterocycles. The monoisotopic (exact) mass is 348 g/mol. The van der Waals surface area contributed by atoms with Crippen molar-refractivity contribution in [2.24, 2.45) is 0 Å². The Kier molecular flexibility index (Phi) is 19.6. The smallest absolute Gasteiger partial charge is 0.296 e. The van der Waals surface area contributed by atoms with Crippen LogP contribution in [0.3, 0.4) is 0 Å². The maximum Gasteiger partial charge on any atom is 2.00 e. The molecule has 0 bridgehead atoms. The number of hydrogen-bond donors (Lipinski definition) is 0. The van der Waals surface area contributed by atoms with Crippen molar-refractivity contribution in [1.29, 1.82) is 0 Å². The van der Waals surface area contributed by atoms with Gasteiger partial charge in [-0.05, 0) is 43.1 Å². The molecule has 0 unspecified atom stereocenters. The van der Waals surface area contributed by atoms with E-state index in [1.165, 1.54) is 5.56 Å². The average Bonchev–Trinajstić information content (AvgIpc) is 3.11. The van der Waals surface area contributed by atoms with Crippen LogP contribution in [0.2, 0.25) is 0 Å². The molecule has 2 rings (SSSR count). The summed E-state index contributed by atoms with van der Waals surface area (Å²) in [7, 11) is 0. The first-order valence-electron chi connectivity index (χ1n) is 6.50. The summed E-state index contributed by atoms with van der Waals surface area (Å²) in [5, 5.41) is 0. The van der Waals surface area contributed by atoms with Gasteiger partial charge in [-0.3, -0.25) is 11.8 Å². The third kappa shape index (κ3) is 14.0.